The number of nitrogens with zero attached hydrogens (tertiary/aromatic N) is 3. The molecule has 3 rings (SSSR count). The van der Waals surface area contributed by atoms with Crippen molar-refractivity contribution in [3.63, 3.8) is 0 Å². The zero-order valence-electron chi connectivity index (χ0n) is 11.7. The van der Waals surface area contributed by atoms with Gasteiger partial charge in [-0.2, -0.15) is 8.75 Å². The van der Waals surface area contributed by atoms with E-state index in [4.69, 9.17) is 23.8 Å². The molecule has 1 heterocycles. The van der Waals surface area contributed by atoms with Gasteiger partial charge < -0.3 is 5.32 Å². The van der Waals surface area contributed by atoms with E-state index in [0.717, 1.165) is 34.0 Å². The van der Waals surface area contributed by atoms with Gasteiger partial charge in [0.2, 0.25) is 0 Å². The highest BCUT2D eigenvalue weighted by atomic mass is 35.5. The number of nitro benzene ring substituents is 1. The zero-order valence-corrected chi connectivity index (χ0v) is 14.1. The maximum atomic E-state index is 11.0. The molecule has 0 radical (unpaired) electrons. The lowest BCUT2D eigenvalue weighted by Gasteiger charge is -2.11. The van der Waals surface area contributed by atoms with Crippen LogP contribution in [0.5, 0.6) is 0 Å². The molecule has 23 heavy (non-hydrogen) atoms. The van der Waals surface area contributed by atoms with Crippen LogP contribution in [0.15, 0.2) is 30.3 Å². The molecule has 0 saturated carbocycles. The van der Waals surface area contributed by atoms with E-state index >= 15 is 0 Å². The smallest absolute Gasteiger partial charge is 0.288 e. The third kappa shape index (κ3) is 3.00. The molecule has 0 spiro atoms. The van der Waals surface area contributed by atoms with E-state index in [-0.39, 0.29) is 10.7 Å². The SMILES string of the molecule is Cc1ccc2nsnc2c1NC(=S)c1ccc(Cl)c([N+](=O)[O-])c1. The molecular formula is C14H9ClN4O2S2. The Kier molecular flexibility index (Phi) is 4.20. The number of nitrogens with one attached hydrogen (secondary N) is 1. The second-order valence-corrected chi connectivity index (χ2v) is 6.11. The second-order valence-electron chi connectivity index (χ2n) is 4.77. The zero-order chi connectivity index (χ0) is 16.6. The molecule has 116 valence electrons. The number of fused-ring (bicyclic) bond motifs is 1. The van der Waals surface area contributed by atoms with Crippen LogP contribution >= 0.6 is 35.5 Å². The molecule has 0 aliphatic rings. The molecule has 0 aliphatic carbocycles. The quantitative estimate of drug-likeness (QED) is 0.422. The van der Waals surface area contributed by atoms with Crippen LogP contribution < -0.4 is 5.32 Å². The third-order valence-electron chi connectivity index (χ3n) is 3.28. The van der Waals surface area contributed by atoms with Crippen molar-refractivity contribution in [2.45, 2.75) is 6.92 Å². The van der Waals surface area contributed by atoms with Crippen molar-refractivity contribution in [3.05, 3.63) is 56.6 Å². The van der Waals surface area contributed by atoms with Crippen LogP contribution in [0.3, 0.4) is 0 Å². The number of thiocarbonyl (C=S) groups is 1. The van der Waals surface area contributed by atoms with E-state index in [0.29, 0.717) is 10.6 Å². The molecular weight excluding hydrogens is 356 g/mol. The Labute approximate surface area is 145 Å². The first kappa shape index (κ1) is 15.7. The average Bonchev–Trinajstić information content (AvgIpc) is 2.99. The lowest BCUT2D eigenvalue weighted by molar-refractivity contribution is -0.384. The highest BCUT2D eigenvalue weighted by Gasteiger charge is 2.16. The summed E-state index contributed by atoms with van der Waals surface area (Å²) in [5, 5.41) is 14.2. The summed E-state index contributed by atoms with van der Waals surface area (Å²) in [4.78, 5) is 10.8. The summed E-state index contributed by atoms with van der Waals surface area (Å²) < 4.78 is 8.46. The van der Waals surface area contributed by atoms with Crippen LogP contribution in [-0.2, 0) is 0 Å². The maximum Gasteiger partial charge on any atom is 0.288 e. The van der Waals surface area contributed by atoms with Crippen LogP contribution in [0.1, 0.15) is 11.1 Å². The van der Waals surface area contributed by atoms with Gasteiger partial charge in [0, 0.05) is 11.6 Å². The predicted molar refractivity (Wildman–Crippen MR) is 95.6 cm³/mol. The molecule has 9 heteroatoms. The topological polar surface area (TPSA) is 81.0 Å². The highest BCUT2D eigenvalue weighted by molar-refractivity contribution is 7.81. The number of nitro groups is 1. The number of aryl methyl sites for hydroxylation is 1. The van der Waals surface area contributed by atoms with E-state index in [2.05, 4.69) is 14.1 Å². The van der Waals surface area contributed by atoms with Crippen molar-refractivity contribution in [1.29, 1.82) is 0 Å². The first-order chi connectivity index (χ1) is 11.0. The van der Waals surface area contributed by atoms with Crippen molar-refractivity contribution in [2.24, 2.45) is 0 Å². The van der Waals surface area contributed by atoms with Crippen molar-refractivity contribution in [3.8, 4) is 0 Å². The minimum Gasteiger partial charge on any atom is -0.344 e. The molecule has 0 aliphatic heterocycles. The fourth-order valence-electron chi connectivity index (χ4n) is 2.09. The fraction of sp³-hybridized carbons (Fsp3) is 0.0714. The minimum absolute atomic E-state index is 0.0727. The van der Waals surface area contributed by atoms with Gasteiger partial charge in [-0.1, -0.05) is 36.0 Å². The molecule has 3 aromatic rings. The number of aromatic nitrogens is 2. The van der Waals surface area contributed by atoms with E-state index in [9.17, 15) is 10.1 Å². The molecule has 0 bridgehead atoms. The Morgan fingerprint density at radius 2 is 2.13 bits per heavy atom. The number of hydrogen-bond donors (Lipinski definition) is 1. The summed E-state index contributed by atoms with van der Waals surface area (Å²) in [5.74, 6) is 0. The van der Waals surface area contributed by atoms with Gasteiger partial charge in [-0.15, -0.1) is 0 Å². The Morgan fingerprint density at radius 1 is 1.35 bits per heavy atom. The standard InChI is InChI=1S/C14H9ClN4O2S2/c1-7-2-5-10-13(18-23-17-10)12(7)16-14(22)8-3-4-9(15)11(6-8)19(20)21/h2-6H,1H3,(H,16,22). The monoisotopic (exact) mass is 364 g/mol. The average molecular weight is 365 g/mol. The number of halogens is 1. The molecule has 1 N–H and O–H groups in total. The lowest BCUT2D eigenvalue weighted by Crippen LogP contribution is -2.12. The fourth-order valence-corrected chi connectivity index (χ4v) is 3.05. The first-order valence-electron chi connectivity index (χ1n) is 6.44. The molecule has 0 saturated heterocycles. The number of benzene rings is 2. The molecule has 0 fully saturated rings. The van der Waals surface area contributed by atoms with Gasteiger partial charge in [0.05, 0.1) is 22.3 Å². The molecule has 6 nitrogen and oxygen atoms in total. The molecule has 1 aromatic heterocycles. The maximum absolute atomic E-state index is 11.0. The molecule has 2 aromatic carbocycles. The summed E-state index contributed by atoms with van der Waals surface area (Å²) in [5.41, 5.74) is 3.53. The van der Waals surface area contributed by atoms with Crippen LogP contribution in [0.2, 0.25) is 5.02 Å². The van der Waals surface area contributed by atoms with Gasteiger partial charge in [0.25, 0.3) is 5.69 Å². The molecule has 0 unspecified atom stereocenters. The number of rotatable bonds is 3. The van der Waals surface area contributed by atoms with Crippen molar-refractivity contribution in [2.75, 3.05) is 5.32 Å². The van der Waals surface area contributed by atoms with Crippen LogP contribution in [-0.4, -0.2) is 18.7 Å². The Balaban J connectivity index is 1.98. The van der Waals surface area contributed by atoms with E-state index < -0.39 is 4.92 Å². The van der Waals surface area contributed by atoms with Crippen molar-refractivity contribution < 1.29 is 4.92 Å². The van der Waals surface area contributed by atoms with Gasteiger partial charge in [-0.05, 0) is 24.6 Å². The lowest BCUT2D eigenvalue weighted by atomic mass is 10.1. The van der Waals surface area contributed by atoms with E-state index in [1.165, 1.54) is 12.1 Å². The van der Waals surface area contributed by atoms with E-state index in [1.807, 2.05) is 19.1 Å². The summed E-state index contributed by atoms with van der Waals surface area (Å²) >= 11 is 12.3. The minimum atomic E-state index is -0.537. The van der Waals surface area contributed by atoms with Crippen LogP contribution in [0.25, 0.3) is 11.0 Å². The van der Waals surface area contributed by atoms with Gasteiger partial charge >= 0.3 is 0 Å². The molecule has 0 atom stereocenters. The number of anilines is 1. The number of hydrogen-bond acceptors (Lipinski definition) is 6. The predicted octanol–water partition coefficient (Wildman–Crippen LogP) is 4.35. The summed E-state index contributed by atoms with van der Waals surface area (Å²) in [6, 6.07) is 8.25. The van der Waals surface area contributed by atoms with Gasteiger partial charge in [-0.25, -0.2) is 0 Å². The normalized spacial score (nSPS) is 10.7. The van der Waals surface area contributed by atoms with Crippen molar-refractivity contribution >= 4 is 62.9 Å². The third-order valence-corrected chi connectivity index (χ3v) is 4.48. The largest absolute Gasteiger partial charge is 0.344 e. The Hall–Kier alpha value is -2.16. The second kappa shape index (κ2) is 6.15. The van der Waals surface area contributed by atoms with E-state index in [1.54, 1.807) is 6.07 Å². The van der Waals surface area contributed by atoms with Crippen LogP contribution in [0, 0.1) is 17.0 Å². The summed E-state index contributed by atoms with van der Waals surface area (Å²) in [7, 11) is 0. The Bertz CT molecular complexity index is 942. The summed E-state index contributed by atoms with van der Waals surface area (Å²) in [6.45, 7) is 1.92. The summed E-state index contributed by atoms with van der Waals surface area (Å²) in [6.07, 6.45) is 0. The van der Waals surface area contributed by atoms with Gasteiger partial charge in [0.15, 0.2) is 0 Å². The highest BCUT2D eigenvalue weighted by Crippen LogP contribution is 2.28. The van der Waals surface area contributed by atoms with Gasteiger partial charge in [0.1, 0.15) is 21.0 Å². The first-order valence-corrected chi connectivity index (χ1v) is 7.96. The van der Waals surface area contributed by atoms with Crippen molar-refractivity contribution in [1.82, 2.24) is 8.75 Å². The van der Waals surface area contributed by atoms with Crippen LogP contribution in [0.4, 0.5) is 11.4 Å². The molecule has 0 amide bonds. The van der Waals surface area contributed by atoms with Gasteiger partial charge in [-0.3, -0.25) is 10.1 Å². The Morgan fingerprint density at radius 3 is 2.87 bits per heavy atom.